The molecule has 0 saturated heterocycles. The molecular weight excluding hydrogens is 255 g/mol. The smallest absolute Gasteiger partial charge is 0.143 e. The van der Waals surface area contributed by atoms with Crippen LogP contribution in [0.1, 0.15) is 11.1 Å². The molecule has 3 nitrogen and oxygen atoms in total. The van der Waals surface area contributed by atoms with Crippen LogP contribution in [-0.4, -0.2) is 13.2 Å². The Bertz CT molecular complexity index is 615. The summed E-state index contributed by atoms with van der Waals surface area (Å²) in [6.45, 7) is 2.40. The van der Waals surface area contributed by atoms with Crippen LogP contribution in [0.5, 0.6) is 5.75 Å². The maximum atomic E-state index is 13.8. The van der Waals surface area contributed by atoms with Crippen molar-refractivity contribution in [3.05, 3.63) is 59.4 Å². The molecule has 0 amide bonds. The number of benzene rings is 2. The molecule has 2 aromatic carbocycles. The van der Waals surface area contributed by atoms with Crippen LogP contribution >= 0.6 is 0 Å². The monoisotopic (exact) mass is 272 g/mol. The van der Waals surface area contributed by atoms with Gasteiger partial charge in [-0.15, -0.1) is 0 Å². The highest BCUT2D eigenvalue weighted by Gasteiger charge is 2.19. The summed E-state index contributed by atoms with van der Waals surface area (Å²) in [6.07, 6.45) is 0. The SMILES string of the molecule is NCc1ccc2c(c1)OCCN2Cc1ccccc1F. The molecular formula is C16H17FN2O. The summed E-state index contributed by atoms with van der Waals surface area (Å²) in [4.78, 5) is 2.14. The average molecular weight is 272 g/mol. The molecule has 1 aliphatic heterocycles. The van der Waals surface area contributed by atoms with Crippen LogP contribution in [0.3, 0.4) is 0 Å². The lowest BCUT2D eigenvalue weighted by atomic mass is 10.1. The Morgan fingerprint density at radius 2 is 2.05 bits per heavy atom. The number of rotatable bonds is 3. The number of nitrogens with zero attached hydrogens (tertiary/aromatic N) is 1. The van der Waals surface area contributed by atoms with E-state index in [-0.39, 0.29) is 5.82 Å². The molecule has 0 spiro atoms. The highest BCUT2D eigenvalue weighted by molar-refractivity contribution is 5.61. The lowest BCUT2D eigenvalue weighted by molar-refractivity contribution is 0.306. The van der Waals surface area contributed by atoms with E-state index in [1.54, 1.807) is 6.07 Å². The molecule has 3 rings (SSSR count). The second-order valence-corrected chi connectivity index (χ2v) is 4.87. The van der Waals surface area contributed by atoms with Gasteiger partial charge in [0.2, 0.25) is 0 Å². The van der Waals surface area contributed by atoms with Crippen molar-refractivity contribution >= 4 is 5.69 Å². The van der Waals surface area contributed by atoms with Gasteiger partial charge in [0.15, 0.2) is 0 Å². The van der Waals surface area contributed by atoms with Crippen LogP contribution in [0.2, 0.25) is 0 Å². The third kappa shape index (κ3) is 2.47. The second-order valence-electron chi connectivity index (χ2n) is 4.87. The highest BCUT2D eigenvalue weighted by Crippen LogP contribution is 2.33. The van der Waals surface area contributed by atoms with E-state index in [0.717, 1.165) is 23.5 Å². The summed E-state index contributed by atoms with van der Waals surface area (Å²) in [5, 5.41) is 0. The van der Waals surface area contributed by atoms with Crippen molar-refractivity contribution in [1.29, 1.82) is 0 Å². The van der Waals surface area contributed by atoms with E-state index in [0.29, 0.717) is 25.3 Å². The molecule has 2 aromatic rings. The molecule has 2 N–H and O–H groups in total. The first-order chi connectivity index (χ1) is 9.78. The Balaban J connectivity index is 1.88. The van der Waals surface area contributed by atoms with Crippen molar-refractivity contribution in [3.8, 4) is 5.75 Å². The number of fused-ring (bicyclic) bond motifs is 1. The predicted molar refractivity (Wildman–Crippen MR) is 77.3 cm³/mol. The lowest BCUT2D eigenvalue weighted by Crippen LogP contribution is -2.32. The van der Waals surface area contributed by atoms with Gasteiger partial charge in [0.25, 0.3) is 0 Å². The van der Waals surface area contributed by atoms with Crippen LogP contribution in [-0.2, 0) is 13.1 Å². The van der Waals surface area contributed by atoms with Gasteiger partial charge in [0.05, 0.1) is 12.2 Å². The first-order valence-corrected chi connectivity index (χ1v) is 6.72. The third-order valence-electron chi connectivity index (χ3n) is 3.54. The van der Waals surface area contributed by atoms with Crippen molar-refractivity contribution in [2.45, 2.75) is 13.1 Å². The number of ether oxygens (including phenoxy) is 1. The third-order valence-corrected chi connectivity index (χ3v) is 3.54. The van der Waals surface area contributed by atoms with E-state index in [2.05, 4.69) is 4.90 Å². The first-order valence-electron chi connectivity index (χ1n) is 6.72. The average Bonchev–Trinajstić information content (AvgIpc) is 2.49. The minimum Gasteiger partial charge on any atom is -0.490 e. The minimum atomic E-state index is -0.167. The molecule has 4 heteroatoms. The van der Waals surface area contributed by atoms with E-state index in [1.165, 1.54) is 6.07 Å². The van der Waals surface area contributed by atoms with Crippen LogP contribution in [0.25, 0.3) is 0 Å². The Morgan fingerprint density at radius 3 is 2.85 bits per heavy atom. The fourth-order valence-corrected chi connectivity index (χ4v) is 2.45. The van der Waals surface area contributed by atoms with Crippen LogP contribution < -0.4 is 15.4 Å². The summed E-state index contributed by atoms with van der Waals surface area (Å²) < 4.78 is 19.4. The molecule has 1 aliphatic rings. The lowest BCUT2D eigenvalue weighted by Gasteiger charge is -2.31. The normalized spacial score (nSPS) is 13.8. The summed E-state index contributed by atoms with van der Waals surface area (Å²) in [5.41, 5.74) is 8.38. The van der Waals surface area contributed by atoms with Gasteiger partial charge in [0, 0.05) is 18.7 Å². The molecule has 1 heterocycles. The molecule has 0 aliphatic carbocycles. The zero-order chi connectivity index (χ0) is 13.9. The van der Waals surface area contributed by atoms with Gasteiger partial charge in [-0.3, -0.25) is 0 Å². The zero-order valence-electron chi connectivity index (χ0n) is 11.2. The van der Waals surface area contributed by atoms with Gasteiger partial charge in [-0.25, -0.2) is 4.39 Å². The molecule has 104 valence electrons. The summed E-state index contributed by atoms with van der Waals surface area (Å²) in [7, 11) is 0. The van der Waals surface area contributed by atoms with Crippen LogP contribution in [0.15, 0.2) is 42.5 Å². The molecule has 0 radical (unpaired) electrons. The Kier molecular flexibility index (Phi) is 3.56. The molecule has 0 fully saturated rings. The Hall–Kier alpha value is -2.07. The second kappa shape index (κ2) is 5.51. The Labute approximate surface area is 117 Å². The first kappa shape index (κ1) is 12.9. The van der Waals surface area contributed by atoms with Crippen LogP contribution in [0, 0.1) is 5.82 Å². The molecule has 0 saturated carbocycles. The van der Waals surface area contributed by atoms with Gasteiger partial charge in [-0.05, 0) is 23.8 Å². The molecule has 0 bridgehead atoms. The molecule has 0 unspecified atom stereocenters. The predicted octanol–water partition coefficient (Wildman–Crippen LogP) is 2.68. The summed E-state index contributed by atoms with van der Waals surface area (Å²) in [6, 6.07) is 12.8. The topological polar surface area (TPSA) is 38.5 Å². The van der Waals surface area contributed by atoms with Crippen molar-refractivity contribution in [3.63, 3.8) is 0 Å². The van der Waals surface area contributed by atoms with Gasteiger partial charge in [0.1, 0.15) is 18.2 Å². The molecule has 0 atom stereocenters. The van der Waals surface area contributed by atoms with Crippen LogP contribution in [0.4, 0.5) is 10.1 Å². The standard InChI is InChI=1S/C16H17FN2O/c17-14-4-2-1-3-13(14)11-19-7-8-20-16-9-12(10-18)5-6-15(16)19/h1-6,9H,7-8,10-11,18H2. The summed E-state index contributed by atoms with van der Waals surface area (Å²) >= 11 is 0. The van der Waals surface area contributed by atoms with Crippen molar-refractivity contribution in [1.82, 2.24) is 0 Å². The van der Waals surface area contributed by atoms with E-state index in [4.69, 9.17) is 10.5 Å². The van der Waals surface area contributed by atoms with Crippen molar-refractivity contribution in [2.75, 3.05) is 18.1 Å². The molecule has 20 heavy (non-hydrogen) atoms. The quantitative estimate of drug-likeness (QED) is 0.933. The number of hydrogen-bond donors (Lipinski definition) is 1. The largest absolute Gasteiger partial charge is 0.490 e. The fourth-order valence-electron chi connectivity index (χ4n) is 2.45. The van der Waals surface area contributed by atoms with E-state index < -0.39 is 0 Å². The number of halogens is 1. The van der Waals surface area contributed by atoms with Crippen molar-refractivity contribution < 1.29 is 9.13 Å². The number of nitrogens with two attached hydrogens (primary N) is 1. The Morgan fingerprint density at radius 1 is 1.20 bits per heavy atom. The molecule has 0 aromatic heterocycles. The van der Waals surface area contributed by atoms with Gasteiger partial charge < -0.3 is 15.4 Å². The summed E-state index contributed by atoms with van der Waals surface area (Å²) in [5.74, 6) is 0.662. The van der Waals surface area contributed by atoms with E-state index in [9.17, 15) is 4.39 Å². The maximum absolute atomic E-state index is 13.8. The van der Waals surface area contributed by atoms with Gasteiger partial charge >= 0.3 is 0 Å². The number of anilines is 1. The van der Waals surface area contributed by atoms with Gasteiger partial charge in [-0.1, -0.05) is 24.3 Å². The van der Waals surface area contributed by atoms with Gasteiger partial charge in [-0.2, -0.15) is 0 Å². The van der Waals surface area contributed by atoms with E-state index in [1.807, 2.05) is 30.3 Å². The van der Waals surface area contributed by atoms with E-state index >= 15 is 0 Å². The maximum Gasteiger partial charge on any atom is 0.143 e. The number of hydrogen-bond acceptors (Lipinski definition) is 3. The highest BCUT2D eigenvalue weighted by atomic mass is 19.1. The fraction of sp³-hybridized carbons (Fsp3) is 0.250. The zero-order valence-corrected chi connectivity index (χ0v) is 11.2. The van der Waals surface area contributed by atoms with Crippen molar-refractivity contribution in [2.24, 2.45) is 5.73 Å². The minimum absolute atomic E-state index is 0.167.